The number of carbonyl (C=O) groups is 2. The van der Waals surface area contributed by atoms with Crippen LogP contribution in [0.4, 0.5) is 9.59 Å². The summed E-state index contributed by atoms with van der Waals surface area (Å²) in [7, 11) is 0. The van der Waals surface area contributed by atoms with Crippen LogP contribution in [0.15, 0.2) is 17.6 Å². The SMILES string of the molecule is C=CCN/C(=N\C(=O)OC(C)(C)C)NC(=O)OC(C)(C)C. The average Bonchev–Trinajstić information content (AvgIpc) is 2.20. The van der Waals surface area contributed by atoms with Crippen molar-refractivity contribution in [2.75, 3.05) is 6.54 Å². The van der Waals surface area contributed by atoms with Gasteiger partial charge in [0.15, 0.2) is 0 Å². The highest BCUT2D eigenvalue weighted by Gasteiger charge is 2.19. The summed E-state index contributed by atoms with van der Waals surface area (Å²) in [5, 5.41) is 5.08. The molecule has 7 nitrogen and oxygen atoms in total. The number of guanidine groups is 1. The molecule has 0 heterocycles. The van der Waals surface area contributed by atoms with Crippen molar-refractivity contribution in [1.29, 1.82) is 0 Å². The third kappa shape index (κ3) is 11.5. The number of hydrogen-bond acceptors (Lipinski definition) is 4. The Morgan fingerprint density at radius 2 is 1.62 bits per heavy atom. The first-order valence-electron chi connectivity index (χ1n) is 6.59. The maximum atomic E-state index is 11.7. The fraction of sp³-hybridized carbons (Fsp3) is 0.643. The van der Waals surface area contributed by atoms with E-state index in [1.807, 2.05) is 0 Å². The lowest BCUT2D eigenvalue weighted by Gasteiger charge is -2.20. The fourth-order valence-electron chi connectivity index (χ4n) is 1.06. The molecule has 7 heteroatoms. The number of ether oxygens (including phenoxy) is 2. The summed E-state index contributed by atoms with van der Waals surface area (Å²) in [5.41, 5.74) is -1.32. The van der Waals surface area contributed by atoms with E-state index in [0.29, 0.717) is 6.54 Å². The minimum atomic E-state index is -0.815. The Kier molecular flexibility index (Phi) is 6.91. The van der Waals surface area contributed by atoms with Crippen LogP contribution in [0.2, 0.25) is 0 Å². The third-order valence-electron chi connectivity index (χ3n) is 1.63. The number of nitrogens with zero attached hydrogens (tertiary/aromatic N) is 1. The van der Waals surface area contributed by atoms with Crippen molar-refractivity contribution < 1.29 is 19.1 Å². The molecule has 0 saturated heterocycles. The largest absolute Gasteiger partial charge is 0.444 e. The van der Waals surface area contributed by atoms with Gasteiger partial charge in [0.05, 0.1) is 0 Å². The van der Waals surface area contributed by atoms with Crippen molar-refractivity contribution in [2.45, 2.75) is 52.7 Å². The number of carbonyl (C=O) groups excluding carboxylic acids is 2. The molecule has 0 aliphatic carbocycles. The molecule has 120 valence electrons. The van der Waals surface area contributed by atoms with E-state index in [1.54, 1.807) is 47.6 Å². The molecule has 0 radical (unpaired) electrons. The average molecular weight is 299 g/mol. The smallest absolute Gasteiger partial charge is 0.437 e. The van der Waals surface area contributed by atoms with Crippen LogP contribution in [0.1, 0.15) is 41.5 Å². The first-order valence-corrected chi connectivity index (χ1v) is 6.59. The molecule has 0 unspecified atom stereocenters. The highest BCUT2D eigenvalue weighted by Crippen LogP contribution is 2.08. The summed E-state index contributed by atoms with van der Waals surface area (Å²) >= 11 is 0. The minimum absolute atomic E-state index is 0.0570. The second-order valence-corrected chi connectivity index (χ2v) is 6.24. The van der Waals surface area contributed by atoms with E-state index >= 15 is 0 Å². The lowest BCUT2D eigenvalue weighted by atomic mass is 10.2. The molecule has 0 aliphatic rings. The molecule has 0 aromatic carbocycles. The van der Waals surface area contributed by atoms with Gasteiger partial charge in [0.25, 0.3) is 0 Å². The van der Waals surface area contributed by atoms with E-state index in [9.17, 15) is 9.59 Å². The molecular formula is C14H25N3O4. The van der Waals surface area contributed by atoms with E-state index in [-0.39, 0.29) is 5.96 Å². The zero-order chi connectivity index (χ0) is 16.7. The van der Waals surface area contributed by atoms with E-state index < -0.39 is 23.4 Å². The van der Waals surface area contributed by atoms with Crippen LogP contribution in [0.3, 0.4) is 0 Å². The number of aliphatic imine (C=N–C) groups is 1. The molecule has 2 amide bonds. The van der Waals surface area contributed by atoms with Crippen LogP contribution < -0.4 is 10.6 Å². The van der Waals surface area contributed by atoms with Gasteiger partial charge in [-0.25, -0.2) is 9.59 Å². The van der Waals surface area contributed by atoms with Gasteiger partial charge in [0.1, 0.15) is 11.2 Å². The molecule has 0 fully saturated rings. The molecule has 0 atom stereocenters. The molecule has 0 spiro atoms. The van der Waals surface area contributed by atoms with Gasteiger partial charge in [0.2, 0.25) is 5.96 Å². The maximum absolute atomic E-state index is 11.7. The van der Waals surface area contributed by atoms with Gasteiger partial charge >= 0.3 is 12.2 Å². The quantitative estimate of drug-likeness (QED) is 0.465. The number of alkyl carbamates (subject to hydrolysis) is 1. The summed E-state index contributed by atoms with van der Waals surface area (Å²) in [6, 6.07) is 0. The van der Waals surface area contributed by atoms with Gasteiger partial charge in [0, 0.05) is 6.54 Å². The van der Waals surface area contributed by atoms with Crippen LogP contribution >= 0.6 is 0 Å². The fourth-order valence-corrected chi connectivity index (χ4v) is 1.06. The Bertz CT molecular complexity index is 417. The van der Waals surface area contributed by atoms with Gasteiger partial charge in [-0.15, -0.1) is 11.6 Å². The Morgan fingerprint density at radius 1 is 1.10 bits per heavy atom. The molecule has 0 aliphatic heterocycles. The van der Waals surface area contributed by atoms with Crippen molar-refractivity contribution in [3.63, 3.8) is 0 Å². The molecule has 0 bridgehead atoms. The predicted molar refractivity (Wildman–Crippen MR) is 81.2 cm³/mol. The molecule has 0 saturated carbocycles. The number of hydrogen-bond donors (Lipinski definition) is 2. The second-order valence-electron chi connectivity index (χ2n) is 6.24. The van der Waals surface area contributed by atoms with Gasteiger partial charge in [-0.3, -0.25) is 5.32 Å². The van der Waals surface area contributed by atoms with Crippen LogP contribution in [-0.4, -0.2) is 35.9 Å². The Morgan fingerprint density at radius 3 is 2.05 bits per heavy atom. The molecule has 2 N–H and O–H groups in total. The van der Waals surface area contributed by atoms with Crippen LogP contribution in [0, 0.1) is 0 Å². The van der Waals surface area contributed by atoms with Crippen LogP contribution in [0.25, 0.3) is 0 Å². The van der Waals surface area contributed by atoms with E-state index in [2.05, 4.69) is 22.2 Å². The van der Waals surface area contributed by atoms with Crippen molar-refractivity contribution in [1.82, 2.24) is 10.6 Å². The summed E-state index contributed by atoms with van der Waals surface area (Å²) in [5.74, 6) is -0.0570. The van der Waals surface area contributed by atoms with E-state index in [1.165, 1.54) is 0 Å². The molecule has 0 aromatic rings. The molecule has 0 rings (SSSR count). The van der Waals surface area contributed by atoms with Gasteiger partial charge < -0.3 is 14.8 Å². The Hall–Kier alpha value is -2.05. The van der Waals surface area contributed by atoms with Crippen molar-refractivity contribution in [2.24, 2.45) is 4.99 Å². The topological polar surface area (TPSA) is 89.0 Å². The third-order valence-corrected chi connectivity index (χ3v) is 1.63. The molecular weight excluding hydrogens is 274 g/mol. The molecule has 21 heavy (non-hydrogen) atoms. The highest BCUT2D eigenvalue weighted by molar-refractivity contribution is 5.98. The van der Waals surface area contributed by atoms with Gasteiger partial charge in [-0.05, 0) is 41.5 Å². The normalized spacial score (nSPS) is 12.4. The lowest BCUT2D eigenvalue weighted by molar-refractivity contribution is 0.0560. The van der Waals surface area contributed by atoms with Crippen molar-refractivity contribution in [3.05, 3.63) is 12.7 Å². The summed E-state index contributed by atoms with van der Waals surface area (Å²) < 4.78 is 10.1. The van der Waals surface area contributed by atoms with Crippen molar-refractivity contribution in [3.8, 4) is 0 Å². The van der Waals surface area contributed by atoms with Crippen LogP contribution in [0.5, 0.6) is 0 Å². The summed E-state index contributed by atoms with van der Waals surface area (Å²) in [6.45, 7) is 14.2. The Balaban J connectivity index is 4.82. The predicted octanol–water partition coefficient (Wildman–Crippen LogP) is 2.58. The van der Waals surface area contributed by atoms with Gasteiger partial charge in [-0.2, -0.15) is 0 Å². The first-order chi connectivity index (χ1) is 9.43. The molecule has 0 aromatic heterocycles. The lowest BCUT2D eigenvalue weighted by Crippen LogP contribution is -2.44. The number of amides is 2. The van der Waals surface area contributed by atoms with E-state index in [0.717, 1.165) is 0 Å². The number of nitrogens with one attached hydrogen (secondary N) is 2. The van der Waals surface area contributed by atoms with Gasteiger partial charge in [-0.1, -0.05) is 6.08 Å². The standard InChI is InChI=1S/C14H25N3O4/c1-8-9-15-10(16-11(18)20-13(2,3)4)17-12(19)21-14(5,6)7/h8H,1,9H2,2-7H3,(H2,15,16,17,18,19). The monoisotopic (exact) mass is 299 g/mol. The highest BCUT2D eigenvalue weighted by atomic mass is 16.6. The number of rotatable bonds is 2. The first kappa shape index (κ1) is 18.9. The zero-order valence-electron chi connectivity index (χ0n) is 13.6. The van der Waals surface area contributed by atoms with Crippen LogP contribution in [-0.2, 0) is 9.47 Å². The second kappa shape index (κ2) is 7.66. The van der Waals surface area contributed by atoms with Crippen molar-refractivity contribution >= 4 is 18.1 Å². The summed E-state index contributed by atoms with van der Waals surface area (Å²) in [6.07, 6.45) is 0.0213. The van der Waals surface area contributed by atoms with E-state index in [4.69, 9.17) is 9.47 Å². The summed E-state index contributed by atoms with van der Waals surface area (Å²) in [4.78, 5) is 27.0. The Labute approximate surface area is 125 Å². The maximum Gasteiger partial charge on any atom is 0.437 e. The minimum Gasteiger partial charge on any atom is -0.444 e. The zero-order valence-corrected chi connectivity index (χ0v) is 13.6.